The minimum absolute atomic E-state index is 0.0640. The quantitative estimate of drug-likeness (QED) is 0.645. The first-order chi connectivity index (χ1) is 10.1. The molecule has 0 heterocycles. The van der Waals surface area contributed by atoms with Gasteiger partial charge < -0.3 is 4.90 Å². The molecule has 1 aromatic rings. The van der Waals surface area contributed by atoms with Crippen LogP contribution < -0.4 is 4.90 Å². The van der Waals surface area contributed by atoms with E-state index in [1.54, 1.807) is 6.07 Å². The molecule has 1 aliphatic carbocycles. The lowest BCUT2D eigenvalue weighted by Gasteiger charge is -2.35. The van der Waals surface area contributed by atoms with E-state index in [4.69, 9.17) is 0 Å². The molecule has 1 aliphatic rings. The van der Waals surface area contributed by atoms with Crippen LogP contribution in [0.1, 0.15) is 77.7 Å². The molecule has 0 N–H and O–H groups in total. The highest BCUT2D eigenvalue weighted by atomic mass is 19.1. The van der Waals surface area contributed by atoms with E-state index in [-0.39, 0.29) is 5.82 Å². The van der Waals surface area contributed by atoms with Crippen LogP contribution in [0.2, 0.25) is 0 Å². The Labute approximate surface area is 130 Å². The second-order valence-electron chi connectivity index (χ2n) is 5.89. The van der Waals surface area contributed by atoms with Crippen LogP contribution in [-0.4, -0.2) is 13.1 Å². The van der Waals surface area contributed by atoms with Crippen molar-refractivity contribution in [2.45, 2.75) is 78.2 Å². The van der Waals surface area contributed by atoms with E-state index in [9.17, 15) is 4.39 Å². The Bertz CT molecular complexity index is 410. The van der Waals surface area contributed by atoms with Gasteiger partial charge in [0.1, 0.15) is 5.82 Å². The molecule has 1 nitrogen and oxygen atoms in total. The molecule has 1 aromatic carbocycles. The highest BCUT2D eigenvalue weighted by Crippen LogP contribution is 2.35. The van der Waals surface area contributed by atoms with E-state index in [0.717, 1.165) is 17.7 Å². The molecule has 0 amide bonds. The Hall–Kier alpha value is -1.05. The van der Waals surface area contributed by atoms with Gasteiger partial charge in [0.2, 0.25) is 0 Å². The topological polar surface area (TPSA) is 3.24 Å². The summed E-state index contributed by atoms with van der Waals surface area (Å²) in [7, 11) is 2.07. The molecular formula is C19H32FN. The van der Waals surface area contributed by atoms with Crippen LogP contribution >= 0.6 is 0 Å². The van der Waals surface area contributed by atoms with Gasteiger partial charge in [-0.15, -0.1) is 0 Å². The second kappa shape index (κ2) is 9.07. The average molecular weight is 293 g/mol. The molecule has 0 spiro atoms. The van der Waals surface area contributed by atoms with Crippen molar-refractivity contribution >= 4 is 5.69 Å². The summed E-state index contributed by atoms with van der Waals surface area (Å²) in [6.07, 6.45) is 7.34. The van der Waals surface area contributed by atoms with Crippen LogP contribution in [0.5, 0.6) is 0 Å². The largest absolute Gasteiger partial charge is 0.369 e. The lowest BCUT2D eigenvalue weighted by atomic mass is 9.91. The Morgan fingerprint density at radius 3 is 2.38 bits per heavy atom. The van der Waals surface area contributed by atoms with Crippen molar-refractivity contribution in [2.75, 3.05) is 11.9 Å². The van der Waals surface area contributed by atoms with E-state index in [0.29, 0.717) is 12.0 Å². The van der Waals surface area contributed by atoms with Crippen molar-refractivity contribution < 1.29 is 4.39 Å². The van der Waals surface area contributed by atoms with Crippen LogP contribution in [0.3, 0.4) is 0 Å². The van der Waals surface area contributed by atoms with Crippen LogP contribution in [-0.2, 0) is 0 Å². The van der Waals surface area contributed by atoms with E-state index in [1.165, 1.54) is 32.1 Å². The van der Waals surface area contributed by atoms with Crippen molar-refractivity contribution in [3.8, 4) is 0 Å². The number of hydrogen-bond donors (Lipinski definition) is 0. The molecule has 0 aromatic heterocycles. The summed E-state index contributed by atoms with van der Waals surface area (Å²) in [5.74, 6) is 0.350. The van der Waals surface area contributed by atoms with Gasteiger partial charge in [-0.2, -0.15) is 0 Å². The highest BCUT2D eigenvalue weighted by Gasteiger charge is 2.23. The third kappa shape index (κ3) is 4.46. The minimum atomic E-state index is -0.0640. The third-order valence-corrected chi connectivity index (χ3v) is 4.64. The number of halogens is 1. The first kappa shape index (κ1) is 18.0. The number of rotatable bonds is 4. The number of anilines is 1. The molecule has 1 fully saturated rings. The fraction of sp³-hybridized carbons (Fsp3) is 0.684. The van der Waals surface area contributed by atoms with Gasteiger partial charge in [0.15, 0.2) is 0 Å². The zero-order valence-corrected chi connectivity index (χ0v) is 14.5. The average Bonchev–Trinajstić information content (AvgIpc) is 2.56. The summed E-state index contributed by atoms with van der Waals surface area (Å²) < 4.78 is 14.3. The maximum absolute atomic E-state index is 14.3. The summed E-state index contributed by atoms with van der Waals surface area (Å²) in [4.78, 5) is 2.20. The smallest absolute Gasteiger partial charge is 0.146 e. The lowest BCUT2D eigenvalue weighted by molar-refractivity contribution is 0.423. The second-order valence-corrected chi connectivity index (χ2v) is 5.89. The third-order valence-electron chi connectivity index (χ3n) is 4.64. The van der Waals surface area contributed by atoms with Gasteiger partial charge in [0, 0.05) is 13.1 Å². The zero-order valence-electron chi connectivity index (χ0n) is 14.5. The summed E-state index contributed by atoms with van der Waals surface area (Å²) in [5, 5.41) is 0. The summed E-state index contributed by atoms with van der Waals surface area (Å²) >= 11 is 0. The lowest BCUT2D eigenvalue weighted by Crippen LogP contribution is -2.34. The van der Waals surface area contributed by atoms with E-state index < -0.39 is 0 Å². The number of nitrogens with zero attached hydrogens (tertiary/aromatic N) is 1. The number of hydrogen-bond acceptors (Lipinski definition) is 1. The summed E-state index contributed by atoms with van der Waals surface area (Å²) in [6, 6.07) is 6.04. The molecule has 0 bridgehead atoms. The Kier molecular flexibility index (Phi) is 7.77. The zero-order chi connectivity index (χ0) is 15.8. The van der Waals surface area contributed by atoms with E-state index in [1.807, 2.05) is 19.9 Å². The van der Waals surface area contributed by atoms with E-state index >= 15 is 0 Å². The predicted octanol–water partition coefficient (Wildman–Crippen LogP) is 6.13. The van der Waals surface area contributed by atoms with Gasteiger partial charge in [0.25, 0.3) is 0 Å². The van der Waals surface area contributed by atoms with Crippen molar-refractivity contribution in [1.29, 1.82) is 0 Å². The SMILES string of the molecule is CC.CCC(C)c1cccc(F)c1N(C)C1CCCCC1. The van der Waals surface area contributed by atoms with Crippen LogP contribution in [0.15, 0.2) is 18.2 Å². The number of benzene rings is 1. The molecule has 1 unspecified atom stereocenters. The summed E-state index contributed by atoms with van der Waals surface area (Å²) in [6.45, 7) is 8.35. The molecule has 21 heavy (non-hydrogen) atoms. The molecule has 2 rings (SSSR count). The molecule has 120 valence electrons. The maximum Gasteiger partial charge on any atom is 0.146 e. The molecule has 1 saturated carbocycles. The van der Waals surface area contributed by atoms with Crippen molar-refractivity contribution in [1.82, 2.24) is 0 Å². The first-order valence-electron chi connectivity index (χ1n) is 8.66. The molecule has 2 heteroatoms. The van der Waals surface area contributed by atoms with Gasteiger partial charge in [-0.25, -0.2) is 4.39 Å². The standard InChI is InChI=1S/C17H26FN.C2H6/c1-4-13(2)15-11-8-12-16(18)17(15)19(3)14-9-6-5-7-10-14;1-2/h8,11-14H,4-7,9-10H2,1-3H3;1-2H3. The number of para-hydroxylation sites is 1. The molecular weight excluding hydrogens is 261 g/mol. The first-order valence-corrected chi connectivity index (χ1v) is 8.66. The Morgan fingerprint density at radius 2 is 1.81 bits per heavy atom. The normalized spacial score (nSPS) is 16.9. The molecule has 0 saturated heterocycles. The van der Waals surface area contributed by atoms with E-state index in [2.05, 4.69) is 31.9 Å². The van der Waals surface area contributed by atoms with Crippen molar-refractivity contribution in [3.63, 3.8) is 0 Å². The van der Waals surface area contributed by atoms with Gasteiger partial charge in [-0.3, -0.25) is 0 Å². The van der Waals surface area contributed by atoms with Crippen LogP contribution in [0.25, 0.3) is 0 Å². The highest BCUT2D eigenvalue weighted by molar-refractivity contribution is 5.56. The predicted molar refractivity (Wildman–Crippen MR) is 91.7 cm³/mol. The van der Waals surface area contributed by atoms with Gasteiger partial charge in [-0.1, -0.05) is 59.1 Å². The van der Waals surface area contributed by atoms with Crippen LogP contribution in [0, 0.1) is 5.82 Å². The fourth-order valence-corrected chi connectivity index (χ4v) is 3.17. The van der Waals surface area contributed by atoms with Crippen molar-refractivity contribution in [2.24, 2.45) is 0 Å². The molecule has 1 atom stereocenters. The molecule has 0 radical (unpaired) electrons. The summed E-state index contributed by atoms with van der Waals surface area (Å²) in [5.41, 5.74) is 2.00. The fourth-order valence-electron chi connectivity index (χ4n) is 3.17. The van der Waals surface area contributed by atoms with Gasteiger partial charge in [0.05, 0.1) is 5.69 Å². The minimum Gasteiger partial charge on any atom is -0.369 e. The Morgan fingerprint density at radius 1 is 1.19 bits per heavy atom. The maximum atomic E-state index is 14.3. The molecule has 0 aliphatic heterocycles. The van der Waals surface area contributed by atoms with Crippen molar-refractivity contribution in [3.05, 3.63) is 29.6 Å². The Balaban J connectivity index is 0.00000106. The van der Waals surface area contributed by atoms with Gasteiger partial charge >= 0.3 is 0 Å². The monoisotopic (exact) mass is 293 g/mol. The van der Waals surface area contributed by atoms with Crippen LogP contribution in [0.4, 0.5) is 10.1 Å². The van der Waals surface area contributed by atoms with Gasteiger partial charge in [-0.05, 0) is 36.8 Å².